The van der Waals surface area contributed by atoms with Gasteiger partial charge in [0.2, 0.25) is 0 Å². The second kappa shape index (κ2) is 6.88. The van der Waals surface area contributed by atoms with Gasteiger partial charge in [0.1, 0.15) is 4.88 Å². The summed E-state index contributed by atoms with van der Waals surface area (Å²) in [5.74, 6) is 0.394. The van der Waals surface area contributed by atoms with Crippen molar-refractivity contribution in [1.29, 1.82) is 0 Å². The van der Waals surface area contributed by atoms with E-state index in [1.54, 1.807) is 18.5 Å². The lowest BCUT2D eigenvalue weighted by Crippen LogP contribution is -2.14. The quantitative estimate of drug-likeness (QED) is 0.780. The molecular formula is C18H18N4OS. The van der Waals surface area contributed by atoms with E-state index in [2.05, 4.69) is 27.2 Å². The molecule has 122 valence electrons. The molecular weight excluding hydrogens is 320 g/mol. The molecule has 6 heteroatoms. The number of nitrogens with zero attached hydrogens (tertiary/aromatic N) is 3. The van der Waals surface area contributed by atoms with Crippen molar-refractivity contribution in [2.45, 2.75) is 27.2 Å². The number of carbonyl (C=O) groups excluding carboxylic acids is 1. The summed E-state index contributed by atoms with van der Waals surface area (Å²) in [5, 5.41) is 3.69. The highest BCUT2D eigenvalue weighted by Gasteiger charge is 2.18. The van der Waals surface area contributed by atoms with E-state index in [0.717, 1.165) is 23.2 Å². The Kier molecular flexibility index (Phi) is 4.66. The van der Waals surface area contributed by atoms with Gasteiger partial charge in [-0.1, -0.05) is 25.1 Å². The summed E-state index contributed by atoms with van der Waals surface area (Å²) >= 11 is 1.31. The van der Waals surface area contributed by atoms with Crippen LogP contribution in [0.5, 0.6) is 0 Å². The minimum Gasteiger partial charge on any atom is -0.321 e. The van der Waals surface area contributed by atoms with E-state index < -0.39 is 0 Å². The lowest BCUT2D eigenvalue weighted by Gasteiger charge is -2.12. The SMILES string of the molecule is CCc1cccc(C)c1NC(=O)c1sc(-c2ncccn2)nc1C. The molecule has 0 unspecified atom stereocenters. The second-order valence-corrected chi connectivity index (χ2v) is 6.42. The molecule has 1 N–H and O–H groups in total. The van der Waals surface area contributed by atoms with E-state index in [9.17, 15) is 4.79 Å². The van der Waals surface area contributed by atoms with Gasteiger partial charge in [-0.25, -0.2) is 15.0 Å². The average Bonchev–Trinajstić information content (AvgIpc) is 2.99. The second-order valence-electron chi connectivity index (χ2n) is 5.42. The molecule has 1 aromatic carbocycles. The van der Waals surface area contributed by atoms with E-state index in [1.165, 1.54) is 11.3 Å². The van der Waals surface area contributed by atoms with E-state index >= 15 is 0 Å². The molecule has 5 nitrogen and oxygen atoms in total. The van der Waals surface area contributed by atoms with E-state index in [1.807, 2.05) is 32.0 Å². The Labute approximate surface area is 144 Å². The fraction of sp³-hybridized carbons (Fsp3) is 0.222. The lowest BCUT2D eigenvalue weighted by atomic mass is 10.1. The van der Waals surface area contributed by atoms with Gasteiger partial charge in [-0.2, -0.15) is 0 Å². The summed E-state index contributed by atoms with van der Waals surface area (Å²) in [5.41, 5.74) is 3.75. The fourth-order valence-corrected chi connectivity index (χ4v) is 3.39. The minimum atomic E-state index is -0.142. The first-order valence-corrected chi connectivity index (χ1v) is 8.56. The Morgan fingerprint density at radius 2 is 1.92 bits per heavy atom. The van der Waals surface area contributed by atoms with Crippen LogP contribution < -0.4 is 5.32 Å². The number of benzene rings is 1. The van der Waals surface area contributed by atoms with Crippen molar-refractivity contribution in [2.75, 3.05) is 5.32 Å². The molecule has 0 saturated carbocycles. The predicted octanol–water partition coefficient (Wildman–Crippen LogP) is 4.03. The average molecular weight is 338 g/mol. The largest absolute Gasteiger partial charge is 0.321 e. The maximum atomic E-state index is 12.7. The van der Waals surface area contributed by atoms with Crippen LogP contribution in [0.1, 0.15) is 33.4 Å². The number of carbonyl (C=O) groups is 1. The van der Waals surface area contributed by atoms with Gasteiger partial charge in [0.05, 0.1) is 5.69 Å². The lowest BCUT2D eigenvalue weighted by molar-refractivity contribution is 0.102. The number of amides is 1. The molecule has 24 heavy (non-hydrogen) atoms. The van der Waals surface area contributed by atoms with Gasteiger partial charge in [-0.15, -0.1) is 11.3 Å². The van der Waals surface area contributed by atoms with Gasteiger partial charge >= 0.3 is 0 Å². The Hall–Kier alpha value is -2.60. The van der Waals surface area contributed by atoms with Crippen molar-refractivity contribution in [1.82, 2.24) is 15.0 Å². The van der Waals surface area contributed by atoms with Gasteiger partial charge in [-0.3, -0.25) is 4.79 Å². The standard InChI is InChI=1S/C18H18N4OS/c1-4-13-8-5-7-11(2)14(13)22-17(23)15-12(3)21-18(24-15)16-19-9-6-10-20-16/h5-10H,4H2,1-3H3,(H,22,23). The Morgan fingerprint density at radius 3 is 2.62 bits per heavy atom. The molecule has 0 radical (unpaired) electrons. The third-order valence-corrected chi connectivity index (χ3v) is 4.89. The third-order valence-electron chi connectivity index (χ3n) is 3.74. The number of rotatable bonds is 4. The zero-order valence-electron chi connectivity index (χ0n) is 13.8. The monoisotopic (exact) mass is 338 g/mol. The molecule has 2 heterocycles. The number of hydrogen-bond acceptors (Lipinski definition) is 5. The number of aryl methyl sites for hydroxylation is 3. The first-order chi connectivity index (χ1) is 11.6. The van der Waals surface area contributed by atoms with Crippen molar-refractivity contribution < 1.29 is 4.79 Å². The molecule has 1 amide bonds. The van der Waals surface area contributed by atoms with Crippen LogP contribution in [0.4, 0.5) is 5.69 Å². The maximum absolute atomic E-state index is 12.7. The molecule has 3 rings (SSSR count). The summed E-state index contributed by atoms with van der Waals surface area (Å²) in [6, 6.07) is 7.79. The Balaban J connectivity index is 1.91. The van der Waals surface area contributed by atoms with Gasteiger partial charge in [-0.05, 0) is 37.5 Å². The van der Waals surface area contributed by atoms with Crippen LogP contribution in [0, 0.1) is 13.8 Å². The molecule has 0 saturated heterocycles. The van der Waals surface area contributed by atoms with E-state index in [-0.39, 0.29) is 5.91 Å². The van der Waals surface area contributed by atoms with Crippen molar-refractivity contribution in [2.24, 2.45) is 0 Å². The Morgan fingerprint density at radius 1 is 1.17 bits per heavy atom. The number of nitrogens with one attached hydrogen (secondary N) is 1. The molecule has 0 bridgehead atoms. The fourth-order valence-electron chi connectivity index (χ4n) is 2.48. The number of aromatic nitrogens is 3. The highest BCUT2D eigenvalue weighted by Crippen LogP contribution is 2.27. The maximum Gasteiger partial charge on any atom is 0.267 e. The third kappa shape index (κ3) is 3.19. The van der Waals surface area contributed by atoms with Gasteiger partial charge < -0.3 is 5.32 Å². The molecule has 0 aliphatic carbocycles. The summed E-state index contributed by atoms with van der Waals surface area (Å²) in [7, 11) is 0. The zero-order chi connectivity index (χ0) is 17.1. The van der Waals surface area contributed by atoms with Crippen LogP contribution in [0.3, 0.4) is 0 Å². The van der Waals surface area contributed by atoms with Gasteiger partial charge in [0.15, 0.2) is 10.8 Å². The smallest absolute Gasteiger partial charge is 0.267 e. The first-order valence-electron chi connectivity index (χ1n) is 7.74. The van der Waals surface area contributed by atoms with E-state index in [4.69, 9.17) is 0 Å². The highest BCUT2D eigenvalue weighted by molar-refractivity contribution is 7.17. The number of para-hydroxylation sites is 1. The minimum absolute atomic E-state index is 0.142. The van der Waals surface area contributed by atoms with Crippen molar-refractivity contribution in [3.63, 3.8) is 0 Å². The van der Waals surface area contributed by atoms with Crippen LogP contribution in [0.25, 0.3) is 10.8 Å². The summed E-state index contributed by atoms with van der Waals surface area (Å²) in [4.78, 5) is 26.1. The van der Waals surface area contributed by atoms with Crippen LogP contribution in [-0.4, -0.2) is 20.9 Å². The van der Waals surface area contributed by atoms with Gasteiger partial charge in [0, 0.05) is 18.1 Å². The van der Waals surface area contributed by atoms with Gasteiger partial charge in [0.25, 0.3) is 5.91 Å². The van der Waals surface area contributed by atoms with Crippen molar-refractivity contribution in [3.8, 4) is 10.8 Å². The molecule has 0 aliphatic heterocycles. The normalized spacial score (nSPS) is 10.6. The van der Waals surface area contributed by atoms with Crippen LogP contribution in [0.15, 0.2) is 36.7 Å². The molecule has 0 spiro atoms. The van der Waals surface area contributed by atoms with Crippen molar-refractivity contribution >= 4 is 22.9 Å². The predicted molar refractivity (Wildman–Crippen MR) is 96.4 cm³/mol. The van der Waals surface area contributed by atoms with E-state index in [0.29, 0.717) is 21.4 Å². The van der Waals surface area contributed by atoms with Crippen LogP contribution in [-0.2, 0) is 6.42 Å². The summed E-state index contributed by atoms with van der Waals surface area (Å²) < 4.78 is 0. The first kappa shape index (κ1) is 16.3. The molecule has 0 fully saturated rings. The highest BCUT2D eigenvalue weighted by atomic mass is 32.1. The molecule has 0 aliphatic rings. The van der Waals surface area contributed by atoms with Crippen LogP contribution in [0.2, 0.25) is 0 Å². The zero-order valence-corrected chi connectivity index (χ0v) is 14.6. The summed E-state index contributed by atoms with van der Waals surface area (Å²) in [6.07, 6.45) is 4.20. The van der Waals surface area contributed by atoms with Crippen molar-refractivity contribution in [3.05, 3.63) is 58.4 Å². The Bertz CT molecular complexity index is 874. The summed E-state index contributed by atoms with van der Waals surface area (Å²) in [6.45, 7) is 5.90. The molecule has 0 atom stereocenters. The topological polar surface area (TPSA) is 67.8 Å². The number of thiazole rings is 1. The number of hydrogen-bond donors (Lipinski definition) is 1. The number of anilines is 1. The molecule has 3 aromatic rings. The van der Waals surface area contributed by atoms with Crippen LogP contribution >= 0.6 is 11.3 Å². The molecule has 2 aromatic heterocycles.